The molecule has 1 aliphatic rings. The van der Waals surface area contributed by atoms with Gasteiger partial charge in [-0.1, -0.05) is 6.58 Å². The number of fused-ring (bicyclic) bond motifs is 1. The summed E-state index contributed by atoms with van der Waals surface area (Å²) in [6.45, 7) is 3.88. The minimum Gasteiger partial charge on any atom is -0.316 e. The van der Waals surface area contributed by atoms with Gasteiger partial charge >= 0.3 is 0 Å². The Morgan fingerprint density at radius 1 is 1.48 bits per heavy atom. The van der Waals surface area contributed by atoms with Gasteiger partial charge in [-0.3, -0.25) is 14.9 Å². The molecule has 2 rings (SSSR count). The molecule has 1 amide bonds. The number of non-ortho nitro benzene ring substituents is 1. The van der Waals surface area contributed by atoms with Crippen LogP contribution < -0.4 is 5.32 Å². The molecule has 1 heterocycles. The third-order valence-electron chi connectivity index (χ3n) is 2.99. The maximum absolute atomic E-state index is 12.3. The number of sulfonamides is 1. The molecule has 0 saturated carbocycles. The highest BCUT2D eigenvalue weighted by Crippen LogP contribution is 2.33. The smallest absolute Gasteiger partial charge is 0.270 e. The maximum Gasteiger partial charge on any atom is 0.270 e. The van der Waals surface area contributed by atoms with E-state index in [1.54, 1.807) is 7.05 Å². The van der Waals surface area contributed by atoms with Crippen molar-refractivity contribution in [1.29, 1.82) is 0 Å². The van der Waals surface area contributed by atoms with Gasteiger partial charge < -0.3 is 5.32 Å². The molecule has 0 saturated heterocycles. The van der Waals surface area contributed by atoms with E-state index in [4.69, 9.17) is 0 Å². The molecular weight excluding hydrogens is 298 g/mol. The lowest BCUT2D eigenvalue weighted by Crippen LogP contribution is -2.33. The topological polar surface area (TPSA) is 110 Å². The van der Waals surface area contributed by atoms with Crippen LogP contribution in [-0.4, -0.2) is 43.7 Å². The molecule has 112 valence electrons. The summed E-state index contributed by atoms with van der Waals surface area (Å²) < 4.78 is 25.3. The van der Waals surface area contributed by atoms with E-state index in [9.17, 15) is 23.3 Å². The number of carbonyl (C=O) groups is 1. The van der Waals surface area contributed by atoms with Crippen LogP contribution in [0.15, 0.2) is 35.2 Å². The number of nitro benzene ring substituents is 1. The van der Waals surface area contributed by atoms with Gasteiger partial charge in [-0.15, -0.1) is 0 Å². The Morgan fingerprint density at radius 2 is 2.14 bits per heavy atom. The number of likely N-dealkylation sites (N-methyl/N-ethyl adjacent to an activating group) is 1. The number of nitro groups is 1. The van der Waals surface area contributed by atoms with Gasteiger partial charge in [0.25, 0.3) is 21.6 Å². The molecule has 0 atom stereocenters. The Labute approximate surface area is 121 Å². The molecule has 1 aliphatic heterocycles. The molecule has 0 radical (unpaired) electrons. The number of nitrogens with one attached hydrogen (secondary N) is 1. The molecule has 0 spiro atoms. The largest absolute Gasteiger partial charge is 0.316 e. The Kier molecular flexibility index (Phi) is 3.79. The molecule has 0 bridgehead atoms. The van der Waals surface area contributed by atoms with Crippen molar-refractivity contribution in [3.63, 3.8) is 0 Å². The minimum absolute atomic E-state index is 0.0575. The summed E-state index contributed by atoms with van der Waals surface area (Å²) in [5, 5.41) is 13.5. The first kappa shape index (κ1) is 15.1. The van der Waals surface area contributed by atoms with E-state index >= 15 is 0 Å². The normalized spacial score (nSPS) is 15.9. The average molecular weight is 311 g/mol. The van der Waals surface area contributed by atoms with Gasteiger partial charge in [0.15, 0.2) is 0 Å². The summed E-state index contributed by atoms with van der Waals surface area (Å²) >= 11 is 0. The summed E-state index contributed by atoms with van der Waals surface area (Å²) in [7, 11) is -2.40. The van der Waals surface area contributed by atoms with Crippen molar-refractivity contribution in [3.05, 3.63) is 46.0 Å². The monoisotopic (exact) mass is 311 g/mol. The number of amides is 1. The van der Waals surface area contributed by atoms with Crippen molar-refractivity contribution in [2.45, 2.75) is 4.90 Å². The van der Waals surface area contributed by atoms with Gasteiger partial charge in [-0.25, -0.2) is 12.7 Å². The third kappa shape index (κ3) is 2.52. The summed E-state index contributed by atoms with van der Waals surface area (Å²) in [5.74, 6) is -0.697. The van der Waals surface area contributed by atoms with E-state index in [1.807, 2.05) is 0 Å². The van der Waals surface area contributed by atoms with Crippen molar-refractivity contribution in [2.24, 2.45) is 0 Å². The van der Waals surface area contributed by atoms with Gasteiger partial charge in [-0.05, 0) is 18.7 Å². The van der Waals surface area contributed by atoms with Crippen LogP contribution in [0.25, 0.3) is 0 Å². The van der Waals surface area contributed by atoms with Crippen molar-refractivity contribution < 1.29 is 18.1 Å². The fourth-order valence-electron chi connectivity index (χ4n) is 2.04. The summed E-state index contributed by atoms with van der Waals surface area (Å²) in [6.07, 6.45) is 0. The number of benzene rings is 1. The molecule has 21 heavy (non-hydrogen) atoms. The van der Waals surface area contributed by atoms with Gasteiger partial charge in [0.05, 0.1) is 17.0 Å². The lowest BCUT2D eigenvalue weighted by atomic mass is 10.2. The average Bonchev–Trinajstić information content (AvgIpc) is 2.60. The van der Waals surface area contributed by atoms with Crippen molar-refractivity contribution in [1.82, 2.24) is 9.62 Å². The van der Waals surface area contributed by atoms with E-state index < -0.39 is 20.9 Å². The molecule has 1 aromatic rings. The van der Waals surface area contributed by atoms with Gasteiger partial charge in [-0.2, -0.15) is 0 Å². The van der Waals surface area contributed by atoms with E-state index in [2.05, 4.69) is 11.9 Å². The van der Waals surface area contributed by atoms with Crippen LogP contribution in [0, 0.1) is 10.1 Å². The summed E-state index contributed by atoms with van der Waals surface area (Å²) in [6, 6.07) is 3.18. The lowest BCUT2D eigenvalue weighted by molar-refractivity contribution is -0.385. The van der Waals surface area contributed by atoms with Crippen LogP contribution in [0.2, 0.25) is 0 Å². The van der Waals surface area contributed by atoms with Crippen LogP contribution in [0.4, 0.5) is 5.69 Å². The zero-order chi connectivity index (χ0) is 15.8. The van der Waals surface area contributed by atoms with Crippen LogP contribution in [-0.2, 0) is 10.0 Å². The second-order valence-corrected chi connectivity index (χ2v) is 6.37. The van der Waals surface area contributed by atoms with E-state index in [0.29, 0.717) is 16.4 Å². The van der Waals surface area contributed by atoms with Crippen molar-refractivity contribution in [2.75, 3.05) is 20.1 Å². The number of hydrogen-bond donors (Lipinski definition) is 1. The SMILES string of the molecule is C=C(CNC)CN1C(=O)c2ccc([N+](=O)[O-])cc2S1(=O)=O. The second-order valence-electron chi connectivity index (χ2n) is 4.53. The first-order valence-electron chi connectivity index (χ1n) is 5.95. The Bertz CT molecular complexity index is 741. The quantitative estimate of drug-likeness (QED) is 0.482. The van der Waals surface area contributed by atoms with Crippen molar-refractivity contribution in [3.8, 4) is 0 Å². The van der Waals surface area contributed by atoms with E-state index in [0.717, 1.165) is 18.2 Å². The van der Waals surface area contributed by atoms with Gasteiger partial charge in [0, 0.05) is 18.7 Å². The zero-order valence-electron chi connectivity index (χ0n) is 11.2. The van der Waals surface area contributed by atoms with Crippen LogP contribution in [0.3, 0.4) is 0 Å². The molecule has 0 unspecified atom stereocenters. The molecule has 8 nitrogen and oxygen atoms in total. The third-order valence-corrected chi connectivity index (χ3v) is 4.76. The summed E-state index contributed by atoms with van der Waals surface area (Å²) in [4.78, 5) is 21.8. The molecule has 9 heteroatoms. The molecule has 0 aliphatic carbocycles. The Hall–Kier alpha value is -2.26. The molecule has 0 aromatic heterocycles. The minimum atomic E-state index is -4.07. The number of hydrogen-bond acceptors (Lipinski definition) is 6. The predicted octanol–water partition coefficient (Wildman–Crippen LogP) is 0.515. The Balaban J connectivity index is 2.45. The fourth-order valence-corrected chi connectivity index (χ4v) is 3.65. The molecular formula is C12H13N3O5S. The fraction of sp³-hybridized carbons (Fsp3) is 0.250. The van der Waals surface area contributed by atoms with Crippen LogP contribution in [0.1, 0.15) is 10.4 Å². The van der Waals surface area contributed by atoms with Crippen molar-refractivity contribution >= 4 is 21.6 Å². The number of carbonyl (C=O) groups excluding carboxylic acids is 1. The summed E-state index contributed by atoms with van der Waals surface area (Å²) in [5.41, 5.74) is 0.0793. The highest BCUT2D eigenvalue weighted by atomic mass is 32.2. The highest BCUT2D eigenvalue weighted by molar-refractivity contribution is 7.90. The zero-order valence-corrected chi connectivity index (χ0v) is 12.0. The first-order valence-corrected chi connectivity index (χ1v) is 7.40. The molecule has 1 N–H and O–H groups in total. The second kappa shape index (κ2) is 5.26. The highest BCUT2D eigenvalue weighted by Gasteiger charge is 2.42. The first-order chi connectivity index (χ1) is 9.78. The molecule has 1 aromatic carbocycles. The standard InChI is InChI=1S/C12H13N3O5S/c1-8(6-13-2)7-14-12(16)10-4-3-9(15(17)18)5-11(10)21(14,19)20/h3-5,13H,1,6-7H2,2H3. The van der Waals surface area contributed by atoms with E-state index in [1.165, 1.54) is 0 Å². The van der Waals surface area contributed by atoms with Crippen LogP contribution in [0.5, 0.6) is 0 Å². The van der Waals surface area contributed by atoms with Gasteiger partial charge in [0.2, 0.25) is 0 Å². The maximum atomic E-state index is 12.3. The number of nitrogens with zero attached hydrogens (tertiary/aromatic N) is 2. The Morgan fingerprint density at radius 3 is 2.71 bits per heavy atom. The predicted molar refractivity (Wildman–Crippen MR) is 74.4 cm³/mol. The van der Waals surface area contributed by atoms with E-state index in [-0.39, 0.29) is 22.7 Å². The lowest BCUT2D eigenvalue weighted by Gasteiger charge is -2.16. The number of rotatable bonds is 5. The van der Waals surface area contributed by atoms with Gasteiger partial charge in [0.1, 0.15) is 4.90 Å². The van der Waals surface area contributed by atoms with Crippen LogP contribution >= 0.6 is 0 Å². The molecule has 0 fully saturated rings.